The highest BCUT2D eigenvalue weighted by molar-refractivity contribution is 5.93. The number of hydrogen-bond acceptors (Lipinski definition) is 3. The summed E-state index contributed by atoms with van der Waals surface area (Å²) in [6.07, 6.45) is 0.325. The number of alkyl halides is 3. The molecule has 4 aromatic rings. The maximum absolute atomic E-state index is 14.8. The van der Waals surface area contributed by atoms with E-state index in [0.717, 1.165) is 59.1 Å². The van der Waals surface area contributed by atoms with Gasteiger partial charge >= 0.3 is 6.18 Å². The number of hydrogen-bond donors (Lipinski definition) is 2. The van der Waals surface area contributed by atoms with E-state index in [9.17, 15) is 27.6 Å². The number of aryl methyl sites for hydroxylation is 1. The molecule has 0 saturated carbocycles. The third-order valence-electron chi connectivity index (χ3n) is 10.8. The molecule has 7 nitrogen and oxygen atoms in total. The lowest BCUT2D eigenvalue weighted by Gasteiger charge is -2.56. The molecule has 0 bridgehead atoms. The molecule has 3 aromatic carbocycles. The van der Waals surface area contributed by atoms with Crippen LogP contribution in [0.15, 0.2) is 78.9 Å². The van der Waals surface area contributed by atoms with Crippen LogP contribution in [-0.4, -0.2) is 52.1 Å². The van der Waals surface area contributed by atoms with E-state index in [1.54, 1.807) is 0 Å². The van der Waals surface area contributed by atoms with Crippen molar-refractivity contribution in [3.8, 4) is 0 Å². The third-order valence-corrected chi connectivity index (χ3v) is 10.8. The molecule has 0 spiro atoms. The van der Waals surface area contributed by atoms with Gasteiger partial charge in [0, 0.05) is 55.1 Å². The molecule has 10 heteroatoms. The van der Waals surface area contributed by atoms with Crippen molar-refractivity contribution in [2.75, 3.05) is 19.6 Å². The second kappa shape index (κ2) is 13.4. The number of fused-ring (bicyclic) bond motifs is 5. The van der Waals surface area contributed by atoms with E-state index in [4.69, 9.17) is 0 Å². The molecule has 3 atom stereocenters. The molecule has 7 rings (SSSR count). The van der Waals surface area contributed by atoms with Gasteiger partial charge in [-0.1, -0.05) is 60.7 Å². The number of H-pyrrole nitrogens is 1. The fourth-order valence-corrected chi connectivity index (χ4v) is 8.44. The number of nitrogens with zero attached hydrogens (tertiary/aromatic N) is 2. The van der Waals surface area contributed by atoms with E-state index in [1.165, 1.54) is 12.1 Å². The van der Waals surface area contributed by atoms with Crippen molar-refractivity contribution in [2.45, 2.75) is 69.6 Å². The standard InChI is InChI=1S/C39H41F3N4O3/c40-39(41,42)29-13-9-12-27(22-29)25-43-34(47)24-28-23-32(37(49)45-19-7-2-8-20-45)38(18-16-26-10-3-1-4-11-26)35-31(17-21-46(38)36(28)48)30-14-5-6-15-33(30)44-35/h1,3-6,9-15,22,28,32,44H,2,7-8,16-21,23-25H2,(H,43,47)/t28?,32-,38+/m1/s1. The first-order valence-electron chi connectivity index (χ1n) is 17.3. The topological polar surface area (TPSA) is 85.5 Å². The Labute approximate surface area is 283 Å². The minimum atomic E-state index is -4.49. The number of para-hydroxylation sites is 1. The average Bonchev–Trinajstić information content (AvgIpc) is 3.51. The maximum Gasteiger partial charge on any atom is 0.416 e. The number of benzene rings is 3. The number of likely N-dealkylation sites (tertiary alicyclic amines) is 1. The fourth-order valence-electron chi connectivity index (χ4n) is 8.44. The van der Waals surface area contributed by atoms with Gasteiger partial charge in [-0.05, 0) is 79.8 Å². The third kappa shape index (κ3) is 6.33. The highest BCUT2D eigenvalue weighted by Gasteiger charge is 2.59. The van der Waals surface area contributed by atoms with Gasteiger partial charge < -0.3 is 20.1 Å². The van der Waals surface area contributed by atoms with Crippen LogP contribution in [0.1, 0.15) is 66.5 Å². The van der Waals surface area contributed by atoms with Crippen LogP contribution >= 0.6 is 0 Å². The summed E-state index contributed by atoms with van der Waals surface area (Å²) in [6, 6.07) is 23.1. The van der Waals surface area contributed by atoms with E-state index >= 15 is 0 Å². The first-order chi connectivity index (χ1) is 23.6. The van der Waals surface area contributed by atoms with E-state index in [0.29, 0.717) is 44.5 Å². The molecule has 0 radical (unpaired) electrons. The summed E-state index contributed by atoms with van der Waals surface area (Å²) in [5, 5.41) is 3.84. The van der Waals surface area contributed by atoms with Crippen LogP contribution < -0.4 is 5.32 Å². The molecule has 1 unspecified atom stereocenters. The van der Waals surface area contributed by atoms with Crippen molar-refractivity contribution in [3.63, 3.8) is 0 Å². The summed E-state index contributed by atoms with van der Waals surface area (Å²) in [5.74, 6) is -1.89. The summed E-state index contributed by atoms with van der Waals surface area (Å²) >= 11 is 0. The molecule has 4 heterocycles. The average molecular weight is 671 g/mol. The molecule has 2 fully saturated rings. The van der Waals surface area contributed by atoms with Gasteiger partial charge in [0.1, 0.15) is 0 Å². The number of aromatic amines is 1. The monoisotopic (exact) mass is 670 g/mol. The molecule has 3 amide bonds. The van der Waals surface area contributed by atoms with Gasteiger partial charge in [0.25, 0.3) is 0 Å². The Kier molecular flexibility index (Phi) is 8.98. The molecule has 49 heavy (non-hydrogen) atoms. The predicted octanol–water partition coefficient (Wildman–Crippen LogP) is 6.75. The van der Waals surface area contributed by atoms with Crippen molar-refractivity contribution in [1.82, 2.24) is 20.1 Å². The molecule has 3 aliphatic rings. The molecule has 3 aliphatic heterocycles. The first kappa shape index (κ1) is 32.9. The molecular formula is C39H41F3N4O3. The SMILES string of the molecule is O=C(CC1C[C@H](C(=O)N2CCCCC2)[C@@]2(CCc3ccccc3)c3[nH]c4ccccc4c3CCN2C1=O)NCc1cccc(C(F)(F)F)c1. The predicted molar refractivity (Wildman–Crippen MR) is 180 cm³/mol. The molecule has 256 valence electrons. The molecule has 1 aromatic heterocycles. The Bertz CT molecular complexity index is 1850. The quantitative estimate of drug-likeness (QED) is 0.218. The number of nitrogens with one attached hydrogen (secondary N) is 2. The van der Waals surface area contributed by atoms with Crippen LogP contribution in [0.2, 0.25) is 0 Å². The largest absolute Gasteiger partial charge is 0.416 e. The van der Waals surface area contributed by atoms with E-state index in [-0.39, 0.29) is 31.2 Å². The van der Waals surface area contributed by atoms with Gasteiger partial charge in [0.2, 0.25) is 17.7 Å². The zero-order chi connectivity index (χ0) is 34.2. The summed E-state index contributed by atoms with van der Waals surface area (Å²) < 4.78 is 39.8. The smallest absolute Gasteiger partial charge is 0.356 e. The van der Waals surface area contributed by atoms with Crippen molar-refractivity contribution in [1.29, 1.82) is 0 Å². The Hall–Kier alpha value is -4.60. The van der Waals surface area contributed by atoms with Crippen molar-refractivity contribution in [2.24, 2.45) is 11.8 Å². The highest BCUT2D eigenvalue weighted by Crippen LogP contribution is 2.53. The number of carbonyl (C=O) groups is 3. The Morgan fingerprint density at radius 1 is 0.898 bits per heavy atom. The van der Waals surface area contributed by atoms with Crippen LogP contribution in [0.25, 0.3) is 10.9 Å². The zero-order valence-corrected chi connectivity index (χ0v) is 27.4. The number of aromatic nitrogens is 1. The summed E-state index contributed by atoms with van der Waals surface area (Å²) in [7, 11) is 0. The Morgan fingerprint density at radius 2 is 1.63 bits per heavy atom. The molecular weight excluding hydrogens is 629 g/mol. The van der Waals surface area contributed by atoms with Crippen LogP contribution in [-0.2, 0) is 45.5 Å². The molecule has 2 saturated heterocycles. The molecule has 0 aliphatic carbocycles. The van der Waals surface area contributed by atoms with Crippen LogP contribution in [0, 0.1) is 11.8 Å². The van der Waals surface area contributed by atoms with Crippen LogP contribution in [0.5, 0.6) is 0 Å². The normalized spacial score (nSPS) is 22.5. The Morgan fingerprint density at radius 3 is 2.41 bits per heavy atom. The number of piperidine rings is 2. The van der Waals surface area contributed by atoms with Crippen molar-refractivity contribution in [3.05, 3.63) is 107 Å². The summed E-state index contributed by atoms with van der Waals surface area (Å²) in [5.41, 5.74) is 2.76. The highest BCUT2D eigenvalue weighted by atomic mass is 19.4. The van der Waals surface area contributed by atoms with Gasteiger partial charge in [-0.15, -0.1) is 0 Å². The zero-order valence-electron chi connectivity index (χ0n) is 27.4. The van der Waals surface area contributed by atoms with E-state index in [2.05, 4.69) is 28.5 Å². The van der Waals surface area contributed by atoms with Gasteiger partial charge in [-0.3, -0.25) is 14.4 Å². The molecule has 2 N–H and O–H groups in total. The van der Waals surface area contributed by atoms with E-state index in [1.807, 2.05) is 46.2 Å². The van der Waals surface area contributed by atoms with Gasteiger partial charge in [0.15, 0.2) is 0 Å². The number of amides is 3. The van der Waals surface area contributed by atoms with E-state index < -0.39 is 35.0 Å². The second-order valence-corrected chi connectivity index (χ2v) is 13.7. The Balaban J connectivity index is 1.23. The van der Waals surface area contributed by atoms with Crippen LogP contribution in [0.4, 0.5) is 13.2 Å². The minimum absolute atomic E-state index is 0.0196. The van der Waals surface area contributed by atoms with Gasteiger partial charge in [-0.2, -0.15) is 13.2 Å². The maximum atomic E-state index is 14.8. The van der Waals surface area contributed by atoms with Gasteiger partial charge in [-0.25, -0.2) is 0 Å². The lowest BCUT2D eigenvalue weighted by molar-refractivity contribution is -0.167. The first-order valence-corrected chi connectivity index (χ1v) is 17.3. The minimum Gasteiger partial charge on any atom is -0.356 e. The second-order valence-electron chi connectivity index (χ2n) is 13.7. The van der Waals surface area contributed by atoms with Gasteiger partial charge in [0.05, 0.1) is 17.0 Å². The number of carbonyl (C=O) groups excluding carboxylic acids is 3. The number of halogens is 3. The lowest BCUT2D eigenvalue weighted by Crippen LogP contribution is -2.66. The number of rotatable bonds is 8. The van der Waals surface area contributed by atoms with Crippen molar-refractivity contribution >= 4 is 28.6 Å². The van der Waals surface area contributed by atoms with Crippen molar-refractivity contribution < 1.29 is 27.6 Å². The van der Waals surface area contributed by atoms with Crippen LogP contribution in [0.3, 0.4) is 0 Å². The fraction of sp³-hybridized carbons (Fsp3) is 0.410. The lowest BCUT2D eigenvalue weighted by atomic mass is 9.64. The summed E-state index contributed by atoms with van der Waals surface area (Å²) in [6.45, 7) is 1.66. The summed E-state index contributed by atoms with van der Waals surface area (Å²) in [4.78, 5) is 50.3.